The van der Waals surface area contributed by atoms with Gasteiger partial charge in [0.15, 0.2) is 0 Å². The quantitative estimate of drug-likeness (QED) is 0.676. The first-order valence-electron chi connectivity index (χ1n) is 5.80. The zero-order chi connectivity index (χ0) is 10.8. The van der Waals surface area contributed by atoms with E-state index < -0.39 is 0 Å². The Morgan fingerprint density at radius 3 is 2.53 bits per heavy atom. The highest BCUT2D eigenvalue weighted by molar-refractivity contribution is 5.80. The second-order valence-corrected chi connectivity index (χ2v) is 4.66. The van der Waals surface area contributed by atoms with Gasteiger partial charge in [-0.3, -0.25) is 4.79 Å². The lowest BCUT2D eigenvalue weighted by Gasteiger charge is -2.40. The highest BCUT2D eigenvalue weighted by atomic mass is 16.5. The van der Waals surface area contributed by atoms with Gasteiger partial charge in [-0.2, -0.15) is 0 Å². The first-order valence-corrected chi connectivity index (χ1v) is 5.80. The fraction of sp³-hybridized carbons (Fsp3) is 0.909. The molecule has 1 amide bonds. The van der Waals surface area contributed by atoms with E-state index in [9.17, 15) is 4.79 Å². The number of piperazine rings is 1. The van der Waals surface area contributed by atoms with Crippen LogP contribution in [-0.2, 0) is 9.53 Å². The lowest BCUT2D eigenvalue weighted by molar-refractivity contribution is -0.141. The van der Waals surface area contributed by atoms with Crippen molar-refractivity contribution in [3.05, 3.63) is 0 Å². The van der Waals surface area contributed by atoms with Gasteiger partial charge in [0.05, 0.1) is 12.5 Å². The van der Waals surface area contributed by atoms with Crippen molar-refractivity contribution >= 4 is 5.91 Å². The summed E-state index contributed by atoms with van der Waals surface area (Å²) in [7, 11) is 0. The van der Waals surface area contributed by atoms with Gasteiger partial charge in [-0.25, -0.2) is 0 Å². The summed E-state index contributed by atoms with van der Waals surface area (Å²) < 4.78 is 5.28. The number of nitrogens with zero attached hydrogens (tertiary/aromatic N) is 1. The molecule has 86 valence electrons. The van der Waals surface area contributed by atoms with Gasteiger partial charge >= 0.3 is 0 Å². The number of hydrogen-bond donors (Lipinski definition) is 1. The molecule has 2 aliphatic heterocycles. The van der Waals surface area contributed by atoms with E-state index in [1.807, 2.05) is 4.90 Å². The van der Waals surface area contributed by atoms with Crippen molar-refractivity contribution < 1.29 is 9.53 Å². The Kier molecular flexibility index (Phi) is 3.26. The molecule has 4 nitrogen and oxygen atoms in total. The van der Waals surface area contributed by atoms with E-state index in [0.29, 0.717) is 18.7 Å². The van der Waals surface area contributed by atoms with Crippen LogP contribution in [-0.4, -0.2) is 49.2 Å². The predicted molar refractivity (Wildman–Crippen MR) is 57.6 cm³/mol. The summed E-state index contributed by atoms with van der Waals surface area (Å²) in [6, 6.07) is 0.615. The number of ether oxygens (including phenoxy) is 1. The number of hydrogen-bond acceptors (Lipinski definition) is 3. The van der Waals surface area contributed by atoms with Gasteiger partial charge in [-0.15, -0.1) is 0 Å². The molecule has 1 N–H and O–H groups in total. The van der Waals surface area contributed by atoms with Crippen LogP contribution in [0.25, 0.3) is 0 Å². The smallest absolute Gasteiger partial charge is 0.228 e. The second kappa shape index (κ2) is 4.49. The van der Waals surface area contributed by atoms with Crippen LogP contribution in [0.4, 0.5) is 0 Å². The zero-order valence-corrected chi connectivity index (χ0v) is 9.53. The van der Waals surface area contributed by atoms with Crippen LogP contribution < -0.4 is 5.32 Å². The van der Waals surface area contributed by atoms with Crippen molar-refractivity contribution in [3.8, 4) is 0 Å². The topological polar surface area (TPSA) is 41.6 Å². The summed E-state index contributed by atoms with van der Waals surface area (Å²) in [6.07, 6.45) is 0.891. The Bertz CT molecular complexity index is 229. The number of amides is 1. The van der Waals surface area contributed by atoms with Crippen LogP contribution in [0.15, 0.2) is 0 Å². The van der Waals surface area contributed by atoms with E-state index in [1.165, 1.54) is 0 Å². The van der Waals surface area contributed by atoms with Gasteiger partial charge in [-0.1, -0.05) is 0 Å². The fourth-order valence-corrected chi connectivity index (χ4v) is 2.51. The minimum Gasteiger partial charge on any atom is -0.381 e. The first kappa shape index (κ1) is 10.9. The molecule has 0 bridgehead atoms. The van der Waals surface area contributed by atoms with Crippen molar-refractivity contribution in [2.45, 2.75) is 32.4 Å². The molecule has 0 aliphatic carbocycles. The maximum atomic E-state index is 12.2. The van der Waals surface area contributed by atoms with Gasteiger partial charge in [0.2, 0.25) is 5.91 Å². The summed E-state index contributed by atoms with van der Waals surface area (Å²) in [5.74, 6) is 0.391. The molecule has 2 aliphatic rings. The molecule has 15 heavy (non-hydrogen) atoms. The van der Waals surface area contributed by atoms with E-state index in [2.05, 4.69) is 19.2 Å². The number of nitrogens with one attached hydrogen (secondary N) is 1. The van der Waals surface area contributed by atoms with Gasteiger partial charge in [0.1, 0.15) is 0 Å². The van der Waals surface area contributed by atoms with Gasteiger partial charge in [0.25, 0.3) is 0 Å². The molecular weight excluding hydrogens is 192 g/mol. The Morgan fingerprint density at radius 1 is 1.33 bits per heavy atom. The van der Waals surface area contributed by atoms with Gasteiger partial charge in [-0.05, 0) is 20.3 Å². The summed E-state index contributed by atoms with van der Waals surface area (Å²) in [5.41, 5.74) is 0. The largest absolute Gasteiger partial charge is 0.381 e. The molecule has 2 fully saturated rings. The summed E-state index contributed by atoms with van der Waals surface area (Å²) >= 11 is 0. The van der Waals surface area contributed by atoms with Crippen molar-refractivity contribution in [1.82, 2.24) is 10.2 Å². The zero-order valence-electron chi connectivity index (χ0n) is 9.53. The van der Waals surface area contributed by atoms with Crippen LogP contribution in [0.1, 0.15) is 20.3 Å². The third kappa shape index (κ3) is 2.16. The number of rotatable bonds is 1. The summed E-state index contributed by atoms with van der Waals surface area (Å²) in [6.45, 7) is 7.38. The normalized spacial score (nSPS) is 36.9. The average Bonchev–Trinajstić information content (AvgIpc) is 2.69. The van der Waals surface area contributed by atoms with Crippen LogP contribution >= 0.6 is 0 Å². The summed E-state index contributed by atoms with van der Waals surface area (Å²) in [5, 5.41) is 3.33. The summed E-state index contributed by atoms with van der Waals surface area (Å²) in [4.78, 5) is 14.3. The monoisotopic (exact) mass is 212 g/mol. The molecule has 2 saturated heterocycles. The molecule has 0 aromatic carbocycles. The minimum absolute atomic E-state index is 0.105. The Morgan fingerprint density at radius 2 is 2.00 bits per heavy atom. The van der Waals surface area contributed by atoms with Crippen molar-refractivity contribution in [1.29, 1.82) is 0 Å². The van der Waals surface area contributed by atoms with Gasteiger partial charge in [0, 0.05) is 31.8 Å². The van der Waals surface area contributed by atoms with Crippen LogP contribution in [0.3, 0.4) is 0 Å². The van der Waals surface area contributed by atoms with Crippen molar-refractivity contribution in [2.24, 2.45) is 5.92 Å². The lowest BCUT2D eigenvalue weighted by Crippen LogP contribution is -2.58. The molecule has 0 aromatic rings. The third-order valence-corrected chi connectivity index (χ3v) is 3.36. The van der Waals surface area contributed by atoms with E-state index in [-0.39, 0.29) is 11.8 Å². The Balaban J connectivity index is 2.02. The maximum Gasteiger partial charge on any atom is 0.228 e. The number of carbonyl (C=O) groups is 1. The van der Waals surface area contributed by atoms with E-state index in [0.717, 1.165) is 26.1 Å². The lowest BCUT2D eigenvalue weighted by atomic mass is 10.0. The Hall–Kier alpha value is -0.610. The molecule has 3 unspecified atom stereocenters. The first-order chi connectivity index (χ1) is 7.20. The molecule has 2 rings (SSSR count). The van der Waals surface area contributed by atoms with Crippen molar-refractivity contribution in [2.75, 3.05) is 26.3 Å². The molecule has 0 spiro atoms. The predicted octanol–water partition coefficient (Wildman–Crippen LogP) is 0.232. The van der Waals surface area contributed by atoms with Crippen LogP contribution in [0.5, 0.6) is 0 Å². The molecule has 4 heteroatoms. The average molecular weight is 212 g/mol. The van der Waals surface area contributed by atoms with E-state index >= 15 is 0 Å². The maximum absolute atomic E-state index is 12.2. The van der Waals surface area contributed by atoms with Crippen LogP contribution in [0, 0.1) is 5.92 Å². The van der Waals surface area contributed by atoms with Crippen molar-refractivity contribution in [3.63, 3.8) is 0 Å². The molecular formula is C11H20N2O2. The molecule has 0 saturated carbocycles. The molecule has 0 aromatic heterocycles. The highest BCUT2D eigenvalue weighted by Gasteiger charge is 2.34. The van der Waals surface area contributed by atoms with Crippen LogP contribution in [0.2, 0.25) is 0 Å². The second-order valence-electron chi connectivity index (χ2n) is 4.66. The standard InChI is InChI=1S/C11H20N2O2/c1-8-5-12-6-9(2)13(8)11(14)10-3-4-15-7-10/h8-10,12H,3-7H2,1-2H3. The highest BCUT2D eigenvalue weighted by Crippen LogP contribution is 2.20. The third-order valence-electron chi connectivity index (χ3n) is 3.36. The molecule has 0 radical (unpaired) electrons. The minimum atomic E-state index is 0.105. The Labute approximate surface area is 91.0 Å². The molecule has 3 atom stereocenters. The van der Waals surface area contributed by atoms with Gasteiger partial charge < -0.3 is 15.0 Å². The van der Waals surface area contributed by atoms with E-state index in [1.54, 1.807) is 0 Å². The SMILES string of the molecule is CC1CNCC(C)N1C(=O)C1CCOC1. The fourth-order valence-electron chi connectivity index (χ4n) is 2.51. The number of carbonyl (C=O) groups excluding carboxylic acids is 1. The van der Waals surface area contributed by atoms with E-state index in [4.69, 9.17) is 4.74 Å². The molecule has 2 heterocycles.